The summed E-state index contributed by atoms with van der Waals surface area (Å²) in [7, 11) is 0. The molecule has 1 spiro atoms. The highest BCUT2D eigenvalue weighted by molar-refractivity contribution is 4.95. The molecule has 0 amide bonds. The number of hydrogen-bond acceptors (Lipinski definition) is 2. The van der Waals surface area contributed by atoms with Crippen molar-refractivity contribution in [2.45, 2.75) is 58.0 Å². The minimum absolute atomic E-state index is 0.312. The fraction of sp³-hybridized carbons (Fsp3) is 1.00. The lowest BCUT2D eigenvalue weighted by Gasteiger charge is -2.29. The van der Waals surface area contributed by atoms with Crippen LogP contribution < -0.4 is 5.73 Å². The van der Waals surface area contributed by atoms with E-state index in [4.69, 9.17) is 5.73 Å². The molecule has 2 rings (SSSR count). The van der Waals surface area contributed by atoms with Crippen molar-refractivity contribution >= 4 is 0 Å². The lowest BCUT2D eigenvalue weighted by molar-refractivity contribution is 0.197. The van der Waals surface area contributed by atoms with Crippen LogP contribution in [-0.2, 0) is 0 Å². The zero-order valence-electron chi connectivity index (χ0n) is 9.63. The zero-order chi connectivity index (χ0) is 10.2. The molecular weight excluding hydrogens is 172 g/mol. The summed E-state index contributed by atoms with van der Waals surface area (Å²) >= 11 is 0. The molecule has 0 aromatic heterocycles. The highest BCUT2D eigenvalue weighted by atomic mass is 15.2. The molecule has 82 valence electrons. The second-order valence-electron chi connectivity index (χ2n) is 5.53. The van der Waals surface area contributed by atoms with Crippen LogP contribution in [0.15, 0.2) is 0 Å². The van der Waals surface area contributed by atoms with Crippen molar-refractivity contribution in [3.8, 4) is 0 Å². The molecule has 2 aliphatic rings. The molecule has 0 bridgehead atoms. The predicted molar refractivity (Wildman–Crippen MR) is 60.2 cm³/mol. The zero-order valence-corrected chi connectivity index (χ0v) is 9.63. The van der Waals surface area contributed by atoms with E-state index in [0.717, 1.165) is 0 Å². The summed E-state index contributed by atoms with van der Waals surface area (Å²) in [5.74, 6) is 0. The minimum atomic E-state index is 0.312. The monoisotopic (exact) mass is 196 g/mol. The minimum Gasteiger partial charge on any atom is -0.327 e. The van der Waals surface area contributed by atoms with Gasteiger partial charge in [0.05, 0.1) is 0 Å². The standard InChI is InChI=1S/C12H24N2/c1-10(13)11(2)14-8-7-12(9-14)5-3-4-6-12/h10-11H,3-9,13H2,1-2H3. The van der Waals surface area contributed by atoms with Gasteiger partial charge in [-0.2, -0.15) is 0 Å². The van der Waals surface area contributed by atoms with Gasteiger partial charge in [-0.1, -0.05) is 12.8 Å². The molecule has 1 saturated heterocycles. The summed E-state index contributed by atoms with van der Waals surface area (Å²) < 4.78 is 0. The first-order valence-corrected chi connectivity index (χ1v) is 6.13. The van der Waals surface area contributed by atoms with Gasteiger partial charge in [0.25, 0.3) is 0 Å². The average Bonchev–Trinajstić information content (AvgIpc) is 2.76. The largest absolute Gasteiger partial charge is 0.327 e. The Morgan fingerprint density at radius 3 is 2.36 bits per heavy atom. The summed E-state index contributed by atoms with van der Waals surface area (Å²) in [6, 6.07) is 0.876. The van der Waals surface area contributed by atoms with Crippen LogP contribution in [0.3, 0.4) is 0 Å². The Balaban J connectivity index is 1.93. The van der Waals surface area contributed by atoms with Crippen LogP contribution in [0.5, 0.6) is 0 Å². The summed E-state index contributed by atoms with van der Waals surface area (Å²) in [6.07, 6.45) is 7.27. The third-order valence-corrected chi connectivity index (χ3v) is 4.47. The van der Waals surface area contributed by atoms with Crippen molar-refractivity contribution in [3.63, 3.8) is 0 Å². The van der Waals surface area contributed by atoms with Gasteiger partial charge < -0.3 is 5.73 Å². The Hall–Kier alpha value is -0.0800. The maximum atomic E-state index is 5.96. The van der Waals surface area contributed by atoms with Crippen LogP contribution in [0, 0.1) is 5.41 Å². The molecule has 2 unspecified atom stereocenters. The smallest absolute Gasteiger partial charge is 0.0216 e. The van der Waals surface area contributed by atoms with Crippen molar-refractivity contribution in [1.82, 2.24) is 4.90 Å². The van der Waals surface area contributed by atoms with Crippen molar-refractivity contribution < 1.29 is 0 Å². The third-order valence-electron chi connectivity index (χ3n) is 4.47. The normalized spacial score (nSPS) is 31.1. The molecule has 1 aliphatic heterocycles. The maximum absolute atomic E-state index is 5.96. The Bertz CT molecular complexity index is 194. The molecule has 2 heteroatoms. The van der Waals surface area contributed by atoms with Gasteiger partial charge in [0.15, 0.2) is 0 Å². The summed E-state index contributed by atoms with van der Waals surface area (Å²) in [5, 5.41) is 0. The van der Waals surface area contributed by atoms with E-state index in [1.165, 1.54) is 45.2 Å². The first-order chi connectivity index (χ1) is 6.63. The topological polar surface area (TPSA) is 29.3 Å². The van der Waals surface area contributed by atoms with Gasteiger partial charge in [-0.25, -0.2) is 0 Å². The van der Waals surface area contributed by atoms with E-state index >= 15 is 0 Å². The van der Waals surface area contributed by atoms with E-state index in [1.54, 1.807) is 0 Å². The van der Waals surface area contributed by atoms with Crippen LogP contribution in [-0.4, -0.2) is 30.1 Å². The van der Waals surface area contributed by atoms with E-state index in [2.05, 4.69) is 18.7 Å². The molecule has 14 heavy (non-hydrogen) atoms. The Morgan fingerprint density at radius 1 is 1.14 bits per heavy atom. The Kier molecular flexibility index (Phi) is 2.85. The Morgan fingerprint density at radius 2 is 1.79 bits per heavy atom. The maximum Gasteiger partial charge on any atom is 0.0216 e. The van der Waals surface area contributed by atoms with Crippen molar-refractivity contribution in [3.05, 3.63) is 0 Å². The molecular formula is C12H24N2. The fourth-order valence-electron chi connectivity index (χ4n) is 3.18. The van der Waals surface area contributed by atoms with Gasteiger partial charge in [-0.05, 0) is 45.1 Å². The quantitative estimate of drug-likeness (QED) is 0.732. The third kappa shape index (κ3) is 1.82. The SMILES string of the molecule is CC(N)C(C)N1CCC2(CCCC2)C1. The van der Waals surface area contributed by atoms with E-state index < -0.39 is 0 Å². The number of likely N-dealkylation sites (tertiary alicyclic amines) is 1. The van der Waals surface area contributed by atoms with Crippen LogP contribution in [0.25, 0.3) is 0 Å². The molecule has 0 aromatic rings. The van der Waals surface area contributed by atoms with Crippen LogP contribution in [0.4, 0.5) is 0 Å². The van der Waals surface area contributed by atoms with Gasteiger partial charge in [0, 0.05) is 18.6 Å². The molecule has 2 fully saturated rings. The number of nitrogens with two attached hydrogens (primary N) is 1. The second kappa shape index (κ2) is 3.82. The highest BCUT2D eigenvalue weighted by Gasteiger charge is 2.41. The average molecular weight is 196 g/mol. The summed E-state index contributed by atoms with van der Waals surface area (Å²) in [4.78, 5) is 2.61. The van der Waals surface area contributed by atoms with Crippen LogP contribution >= 0.6 is 0 Å². The number of rotatable bonds is 2. The van der Waals surface area contributed by atoms with Crippen molar-refractivity contribution in [1.29, 1.82) is 0 Å². The highest BCUT2D eigenvalue weighted by Crippen LogP contribution is 2.45. The van der Waals surface area contributed by atoms with E-state index in [9.17, 15) is 0 Å². The second-order valence-corrected chi connectivity index (χ2v) is 5.53. The van der Waals surface area contributed by atoms with Crippen LogP contribution in [0.2, 0.25) is 0 Å². The Labute approximate surface area is 87.8 Å². The molecule has 2 N–H and O–H groups in total. The molecule has 0 aromatic carbocycles. The first kappa shape index (κ1) is 10.4. The molecule has 1 saturated carbocycles. The number of hydrogen-bond donors (Lipinski definition) is 1. The molecule has 1 aliphatic carbocycles. The molecule has 1 heterocycles. The summed E-state index contributed by atoms with van der Waals surface area (Å²) in [6.45, 7) is 7.00. The van der Waals surface area contributed by atoms with E-state index in [0.29, 0.717) is 17.5 Å². The predicted octanol–water partition coefficient (Wildman–Crippen LogP) is 1.99. The number of nitrogens with zero attached hydrogens (tertiary/aromatic N) is 1. The first-order valence-electron chi connectivity index (χ1n) is 6.13. The van der Waals surface area contributed by atoms with E-state index in [1.807, 2.05) is 0 Å². The van der Waals surface area contributed by atoms with Gasteiger partial charge in [-0.3, -0.25) is 4.90 Å². The van der Waals surface area contributed by atoms with Crippen molar-refractivity contribution in [2.24, 2.45) is 11.1 Å². The van der Waals surface area contributed by atoms with Gasteiger partial charge in [0.1, 0.15) is 0 Å². The fourth-order valence-corrected chi connectivity index (χ4v) is 3.18. The van der Waals surface area contributed by atoms with Crippen molar-refractivity contribution in [2.75, 3.05) is 13.1 Å². The summed E-state index contributed by atoms with van der Waals surface area (Å²) in [5.41, 5.74) is 6.66. The lowest BCUT2D eigenvalue weighted by Crippen LogP contribution is -2.43. The molecule has 0 radical (unpaired) electrons. The molecule has 2 nitrogen and oxygen atoms in total. The lowest BCUT2D eigenvalue weighted by atomic mass is 9.85. The van der Waals surface area contributed by atoms with Crippen LogP contribution in [0.1, 0.15) is 46.0 Å². The van der Waals surface area contributed by atoms with E-state index in [-0.39, 0.29) is 0 Å². The van der Waals surface area contributed by atoms with Gasteiger partial charge in [0.2, 0.25) is 0 Å². The molecule has 2 atom stereocenters. The van der Waals surface area contributed by atoms with Gasteiger partial charge in [-0.15, -0.1) is 0 Å². The van der Waals surface area contributed by atoms with Gasteiger partial charge >= 0.3 is 0 Å².